The molecule has 4 fully saturated rings. The highest BCUT2D eigenvalue weighted by Crippen LogP contribution is 2.52. The van der Waals surface area contributed by atoms with E-state index in [0.717, 1.165) is 23.5 Å². The van der Waals surface area contributed by atoms with E-state index in [2.05, 4.69) is 0 Å². The number of carbonyl (C=O) groups is 3. The Labute approximate surface area is 125 Å². The molecule has 0 aromatic heterocycles. The maximum Gasteiger partial charge on any atom is 0.238 e. The number of imide groups is 1. The minimum Gasteiger partial charge on any atom is -0.299 e. The molecule has 2 bridgehead atoms. The summed E-state index contributed by atoms with van der Waals surface area (Å²) in [4.78, 5) is 38.1. The summed E-state index contributed by atoms with van der Waals surface area (Å²) in [6, 6.07) is 2.63. The van der Waals surface area contributed by atoms with Crippen LogP contribution in [0.2, 0.25) is 0 Å². The van der Waals surface area contributed by atoms with Crippen LogP contribution in [0.25, 0.3) is 0 Å². The first kappa shape index (κ1) is 13.5. The Morgan fingerprint density at radius 2 is 1.55 bits per heavy atom. The number of rotatable bonds is 1. The summed E-state index contributed by atoms with van der Waals surface area (Å²) >= 11 is 0. The molecule has 1 aliphatic heterocycles. The molecular weight excluding hydrogens is 292 g/mol. The molecule has 2 amide bonds. The number of Topliss-reactive ketones (excluding diaryl/α,β-unsaturated/α-hetero) is 1. The summed E-state index contributed by atoms with van der Waals surface area (Å²) in [5.74, 6) is -4.30. The largest absolute Gasteiger partial charge is 0.299 e. The summed E-state index contributed by atoms with van der Waals surface area (Å²) in [6.45, 7) is 0. The molecule has 4 atom stereocenters. The lowest BCUT2D eigenvalue weighted by Crippen LogP contribution is -2.46. The highest BCUT2D eigenvalue weighted by atomic mass is 19.1. The number of ketones is 1. The number of halogens is 2. The second-order valence-corrected chi connectivity index (χ2v) is 6.31. The first-order valence-electron chi connectivity index (χ1n) is 7.34. The third-order valence-electron chi connectivity index (χ3n) is 5.17. The minimum absolute atomic E-state index is 0.0333. The van der Waals surface area contributed by atoms with Gasteiger partial charge in [-0.3, -0.25) is 14.4 Å². The van der Waals surface area contributed by atoms with Crippen molar-refractivity contribution in [1.82, 2.24) is 0 Å². The number of carbonyl (C=O) groups excluding carboxylic acids is 3. The number of nitrogens with zero attached hydrogens (tertiary/aromatic N) is 1. The monoisotopic (exact) mass is 305 g/mol. The fourth-order valence-corrected chi connectivity index (χ4v) is 4.31. The molecule has 1 aromatic carbocycles. The van der Waals surface area contributed by atoms with Crippen LogP contribution in [-0.4, -0.2) is 17.6 Å². The lowest BCUT2D eigenvalue weighted by atomic mass is 9.59. The number of anilines is 1. The molecule has 0 radical (unpaired) electrons. The predicted octanol–water partition coefficient (Wildman–Crippen LogP) is 2.07. The zero-order valence-corrected chi connectivity index (χ0v) is 11.6. The number of fused-ring (bicyclic) bond motifs is 2. The van der Waals surface area contributed by atoms with Gasteiger partial charge in [0.25, 0.3) is 0 Å². The lowest BCUT2D eigenvalue weighted by Gasteiger charge is -2.41. The van der Waals surface area contributed by atoms with Crippen LogP contribution in [0.15, 0.2) is 18.2 Å². The van der Waals surface area contributed by atoms with Crippen LogP contribution >= 0.6 is 0 Å². The molecule has 22 heavy (non-hydrogen) atoms. The van der Waals surface area contributed by atoms with Crippen molar-refractivity contribution < 1.29 is 23.2 Å². The van der Waals surface area contributed by atoms with Crippen molar-refractivity contribution in [2.75, 3.05) is 4.90 Å². The second kappa shape index (κ2) is 4.44. The topological polar surface area (TPSA) is 54.5 Å². The average molecular weight is 305 g/mol. The van der Waals surface area contributed by atoms with Crippen molar-refractivity contribution >= 4 is 23.3 Å². The summed E-state index contributed by atoms with van der Waals surface area (Å²) in [5.41, 5.74) is -0.0891. The van der Waals surface area contributed by atoms with Crippen molar-refractivity contribution in [3.63, 3.8) is 0 Å². The fraction of sp³-hybridized carbons (Fsp3) is 0.438. The normalized spacial score (nSPS) is 33.5. The van der Waals surface area contributed by atoms with Crippen molar-refractivity contribution in [2.45, 2.75) is 19.3 Å². The molecule has 6 heteroatoms. The van der Waals surface area contributed by atoms with Crippen LogP contribution in [0.3, 0.4) is 0 Å². The highest BCUT2D eigenvalue weighted by Gasteiger charge is 2.61. The Hall–Kier alpha value is -2.11. The Morgan fingerprint density at radius 1 is 0.909 bits per heavy atom. The first-order valence-corrected chi connectivity index (χ1v) is 7.34. The summed E-state index contributed by atoms with van der Waals surface area (Å²) in [5, 5.41) is 0. The van der Waals surface area contributed by atoms with E-state index in [1.165, 1.54) is 0 Å². The van der Waals surface area contributed by atoms with Gasteiger partial charge in [0.15, 0.2) is 0 Å². The van der Waals surface area contributed by atoms with Gasteiger partial charge in [-0.05, 0) is 30.9 Å². The van der Waals surface area contributed by atoms with Crippen molar-refractivity contribution in [3.05, 3.63) is 29.8 Å². The molecule has 0 spiro atoms. The van der Waals surface area contributed by atoms with E-state index >= 15 is 0 Å². The Kier molecular flexibility index (Phi) is 2.74. The molecule has 1 aromatic rings. The molecule has 0 N–H and O–H groups in total. The zero-order valence-electron chi connectivity index (χ0n) is 11.6. The average Bonchev–Trinajstić information content (AvgIpc) is 2.72. The Balaban J connectivity index is 1.78. The van der Waals surface area contributed by atoms with E-state index in [1.807, 2.05) is 0 Å². The molecular formula is C16H13F2NO3. The summed E-state index contributed by atoms with van der Waals surface area (Å²) < 4.78 is 26.8. The van der Waals surface area contributed by atoms with Gasteiger partial charge in [0, 0.05) is 18.4 Å². The quantitative estimate of drug-likeness (QED) is 0.746. The molecule has 114 valence electrons. The molecule has 4 aliphatic rings. The van der Waals surface area contributed by atoms with E-state index in [-0.39, 0.29) is 17.4 Å². The van der Waals surface area contributed by atoms with Crippen molar-refractivity contribution in [1.29, 1.82) is 0 Å². The molecule has 3 aliphatic carbocycles. The van der Waals surface area contributed by atoms with E-state index in [1.54, 1.807) is 0 Å². The smallest absolute Gasteiger partial charge is 0.238 e. The van der Waals surface area contributed by atoms with Gasteiger partial charge < -0.3 is 0 Å². The van der Waals surface area contributed by atoms with Gasteiger partial charge in [0.1, 0.15) is 17.4 Å². The minimum atomic E-state index is -0.843. The highest BCUT2D eigenvalue weighted by molar-refractivity contribution is 6.23. The molecule has 4 nitrogen and oxygen atoms in total. The Morgan fingerprint density at radius 3 is 2.18 bits per heavy atom. The maximum atomic E-state index is 13.4. The standard InChI is InChI=1S/C16H13F2NO3/c17-8-4-9(18)6-10(5-8)19-15(21)13-7-1-2-11(12(20)3-7)14(13)16(19)22/h4-7,11,13-14H,1-3H2/t7-,11+,13+,14-/m1/s1. The van der Waals surface area contributed by atoms with E-state index < -0.39 is 41.2 Å². The van der Waals surface area contributed by atoms with Gasteiger partial charge in [-0.15, -0.1) is 0 Å². The van der Waals surface area contributed by atoms with E-state index in [4.69, 9.17) is 0 Å². The van der Waals surface area contributed by atoms with Crippen LogP contribution in [0, 0.1) is 35.3 Å². The SMILES string of the molecule is O=C1C[C@H]2CC[C@@H]1[C@H]1C(=O)N(c3cc(F)cc(F)c3)C(=O)[C@@H]21. The van der Waals surface area contributed by atoms with Crippen molar-refractivity contribution in [2.24, 2.45) is 23.7 Å². The first-order chi connectivity index (χ1) is 10.5. The zero-order chi connectivity index (χ0) is 15.6. The van der Waals surface area contributed by atoms with E-state index in [0.29, 0.717) is 18.9 Å². The van der Waals surface area contributed by atoms with Crippen LogP contribution in [-0.2, 0) is 14.4 Å². The van der Waals surface area contributed by atoms with Crippen molar-refractivity contribution in [3.8, 4) is 0 Å². The van der Waals surface area contributed by atoms with Gasteiger partial charge >= 0.3 is 0 Å². The second-order valence-electron chi connectivity index (χ2n) is 6.31. The van der Waals surface area contributed by atoms with E-state index in [9.17, 15) is 23.2 Å². The lowest BCUT2D eigenvalue weighted by molar-refractivity contribution is -0.143. The number of hydrogen-bond acceptors (Lipinski definition) is 3. The van der Waals surface area contributed by atoms with Gasteiger partial charge in [0.05, 0.1) is 17.5 Å². The number of amides is 2. The maximum absolute atomic E-state index is 13.4. The van der Waals surface area contributed by atoms with Crippen LogP contribution in [0.5, 0.6) is 0 Å². The summed E-state index contributed by atoms with van der Waals surface area (Å²) in [6.07, 6.45) is 1.70. The molecule has 1 saturated heterocycles. The number of benzene rings is 1. The van der Waals surface area contributed by atoms with Crippen LogP contribution < -0.4 is 4.90 Å². The van der Waals surface area contributed by atoms with Gasteiger partial charge in [0.2, 0.25) is 11.8 Å². The van der Waals surface area contributed by atoms with Gasteiger partial charge in [-0.1, -0.05) is 0 Å². The summed E-state index contributed by atoms with van der Waals surface area (Å²) in [7, 11) is 0. The number of hydrogen-bond donors (Lipinski definition) is 0. The Bertz CT molecular complexity index is 697. The van der Waals surface area contributed by atoms with Crippen LogP contribution in [0.1, 0.15) is 19.3 Å². The molecule has 1 heterocycles. The third-order valence-corrected chi connectivity index (χ3v) is 5.17. The molecule has 3 saturated carbocycles. The molecule has 0 unspecified atom stereocenters. The fourth-order valence-electron chi connectivity index (χ4n) is 4.31. The third kappa shape index (κ3) is 1.69. The predicted molar refractivity (Wildman–Crippen MR) is 71.7 cm³/mol. The van der Waals surface area contributed by atoms with Crippen LogP contribution in [0.4, 0.5) is 14.5 Å². The van der Waals surface area contributed by atoms with Gasteiger partial charge in [-0.25, -0.2) is 13.7 Å². The van der Waals surface area contributed by atoms with Gasteiger partial charge in [-0.2, -0.15) is 0 Å². The molecule has 5 rings (SSSR count).